The van der Waals surface area contributed by atoms with Crippen LogP contribution in [0.5, 0.6) is 0 Å². The number of esters is 2. The number of aryl methyl sites for hydroxylation is 2. The first-order valence-corrected chi connectivity index (χ1v) is 12.2. The van der Waals surface area contributed by atoms with Crippen molar-refractivity contribution < 1.29 is 23.9 Å². The lowest BCUT2D eigenvalue weighted by molar-refractivity contribution is -0.194. The van der Waals surface area contributed by atoms with Gasteiger partial charge in [-0.3, -0.25) is 14.4 Å². The number of benzene rings is 2. The highest BCUT2D eigenvalue weighted by Crippen LogP contribution is 2.30. The van der Waals surface area contributed by atoms with Crippen molar-refractivity contribution in [3.8, 4) is 10.4 Å². The quantitative estimate of drug-likeness (QED) is 0.185. The van der Waals surface area contributed by atoms with Crippen molar-refractivity contribution in [1.82, 2.24) is 0 Å². The highest BCUT2D eigenvalue weighted by Gasteiger charge is 2.23. The Balaban J connectivity index is 1.55. The molecule has 1 atom stereocenters. The van der Waals surface area contributed by atoms with E-state index >= 15 is 0 Å². The Bertz CT molecular complexity index is 1090. The monoisotopic (exact) mass is 478 g/mol. The third-order valence-corrected chi connectivity index (χ3v) is 6.70. The van der Waals surface area contributed by atoms with Crippen LogP contribution >= 0.6 is 11.3 Å². The Labute approximate surface area is 204 Å². The van der Waals surface area contributed by atoms with Gasteiger partial charge in [0.15, 0.2) is 5.78 Å². The van der Waals surface area contributed by atoms with Gasteiger partial charge in [-0.15, -0.1) is 11.3 Å². The fourth-order valence-corrected chi connectivity index (χ4v) is 4.60. The van der Waals surface area contributed by atoms with Gasteiger partial charge < -0.3 is 9.47 Å². The van der Waals surface area contributed by atoms with Crippen LogP contribution in [-0.2, 0) is 31.9 Å². The molecule has 6 heteroatoms. The molecule has 0 spiro atoms. The zero-order valence-corrected chi connectivity index (χ0v) is 20.6. The van der Waals surface area contributed by atoms with Gasteiger partial charge >= 0.3 is 11.9 Å². The highest BCUT2D eigenvalue weighted by molar-refractivity contribution is 7.17. The lowest BCUT2D eigenvalue weighted by Crippen LogP contribution is -2.29. The number of hydrogen-bond donors (Lipinski definition) is 0. The summed E-state index contributed by atoms with van der Waals surface area (Å²) in [7, 11) is 0. The summed E-state index contributed by atoms with van der Waals surface area (Å²) in [4.78, 5) is 37.0. The second-order valence-electron chi connectivity index (χ2n) is 8.37. The van der Waals surface area contributed by atoms with Crippen LogP contribution in [-0.4, -0.2) is 24.0 Å². The van der Waals surface area contributed by atoms with Gasteiger partial charge in [-0.25, -0.2) is 0 Å². The van der Waals surface area contributed by atoms with Crippen molar-refractivity contribution in [3.63, 3.8) is 0 Å². The van der Waals surface area contributed by atoms with Crippen molar-refractivity contribution in [3.05, 3.63) is 82.7 Å². The smallest absolute Gasteiger partial charge is 0.305 e. The number of thiophene rings is 1. The van der Waals surface area contributed by atoms with Crippen LogP contribution < -0.4 is 0 Å². The molecule has 0 N–H and O–H groups in total. The van der Waals surface area contributed by atoms with E-state index in [0.717, 1.165) is 33.7 Å². The minimum atomic E-state index is -0.877. The second kappa shape index (κ2) is 12.3. The van der Waals surface area contributed by atoms with Crippen LogP contribution in [0.25, 0.3) is 10.4 Å². The molecule has 0 bridgehead atoms. The standard InChI is InChI=1S/C28H30O5S/c1-19(28(32-20(2)29)33-21(3)30)9-10-23-11-14-24(15-12-23)26-17-18-27(34-26)25(31)16-13-22-7-5-4-6-8-22/h4-8,11-12,14-15,17-19,28H,9-10,13,16H2,1-3H3. The molecular weight excluding hydrogens is 448 g/mol. The lowest BCUT2D eigenvalue weighted by atomic mass is 9.99. The summed E-state index contributed by atoms with van der Waals surface area (Å²) >= 11 is 1.52. The number of ketones is 1. The van der Waals surface area contributed by atoms with E-state index in [-0.39, 0.29) is 11.7 Å². The predicted molar refractivity (Wildman–Crippen MR) is 134 cm³/mol. The Morgan fingerprint density at radius 2 is 1.41 bits per heavy atom. The van der Waals surface area contributed by atoms with E-state index in [1.54, 1.807) is 0 Å². The highest BCUT2D eigenvalue weighted by atomic mass is 32.1. The Morgan fingerprint density at radius 3 is 2.03 bits per heavy atom. The molecule has 2 aromatic carbocycles. The van der Waals surface area contributed by atoms with E-state index in [2.05, 4.69) is 24.3 Å². The maximum absolute atomic E-state index is 12.6. The number of Topliss-reactive ketones (excluding diaryl/α,β-unsaturated/α-hetero) is 1. The maximum atomic E-state index is 12.6. The molecule has 34 heavy (non-hydrogen) atoms. The number of ether oxygens (including phenoxy) is 2. The molecule has 0 amide bonds. The van der Waals surface area contributed by atoms with Crippen LogP contribution in [0.4, 0.5) is 0 Å². The molecule has 3 rings (SSSR count). The molecular formula is C28H30O5S. The summed E-state index contributed by atoms with van der Waals surface area (Å²) in [6, 6.07) is 22.2. The molecule has 0 aliphatic rings. The fourth-order valence-electron chi connectivity index (χ4n) is 3.62. The molecule has 5 nitrogen and oxygen atoms in total. The maximum Gasteiger partial charge on any atom is 0.305 e. The minimum Gasteiger partial charge on any atom is -0.425 e. The molecule has 1 unspecified atom stereocenters. The largest absolute Gasteiger partial charge is 0.425 e. The topological polar surface area (TPSA) is 69.7 Å². The normalized spacial score (nSPS) is 11.8. The van der Waals surface area contributed by atoms with E-state index in [0.29, 0.717) is 12.8 Å². The average Bonchev–Trinajstić information content (AvgIpc) is 3.31. The molecule has 1 aromatic heterocycles. The van der Waals surface area contributed by atoms with Crippen LogP contribution in [0.2, 0.25) is 0 Å². The van der Waals surface area contributed by atoms with Crippen LogP contribution in [0.3, 0.4) is 0 Å². The second-order valence-corrected chi connectivity index (χ2v) is 9.46. The SMILES string of the molecule is CC(=O)OC(OC(C)=O)C(C)CCc1ccc(-c2ccc(C(=O)CCc3ccccc3)s2)cc1. The number of carbonyl (C=O) groups excluding carboxylic acids is 3. The third kappa shape index (κ3) is 7.66. The molecule has 0 saturated carbocycles. The van der Waals surface area contributed by atoms with Crippen LogP contribution in [0, 0.1) is 5.92 Å². The molecule has 178 valence electrons. The first-order valence-electron chi connectivity index (χ1n) is 11.4. The zero-order chi connectivity index (χ0) is 24.5. The first-order chi connectivity index (χ1) is 16.3. The molecule has 0 saturated heterocycles. The van der Waals surface area contributed by atoms with Crippen molar-refractivity contribution >= 4 is 29.1 Å². The third-order valence-electron chi connectivity index (χ3n) is 5.52. The average molecular weight is 479 g/mol. The number of carbonyl (C=O) groups is 3. The summed E-state index contributed by atoms with van der Waals surface area (Å²) in [5.74, 6) is -0.914. The Morgan fingerprint density at radius 1 is 0.794 bits per heavy atom. The number of rotatable bonds is 11. The van der Waals surface area contributed by atoms with Crippen molar-refractivity contribution in [2.24, 2.45) is 5.92 Å². The first kappa shape index (κ1) is 25.4. The molecule has 1 heterocycles. The van der Waals surface area contributed by atoms with E-state index in [1.807, 2.05) is 49.4 Å². The van der Waals surface area contributed by atoms with Crippen LogP contribution in [0.15, 0.2) is 66.7 Å². The molecule has 0 radical (unpaired) electrons. The van der Waals surface area contributed by atoms with Gasteiger partial charge in [-0.05, 0) is 48.1 Å². The van der Waals surface area contributed by atoms with Crippen LogP contribution in [0.1, 0.15) is 54.4 Å². The summed E-state index contributed by atoms with van der Waals surface area (Å²) < 4.78 is 10.3. The van der Waals surface area contributed by atoms with E-state index in [1.165, 1.54) is 30.7 Å². The summed E-state index contributed by atoms with van der Waals surface area (Å²) in [5.41, 5.74) is 3.38. The van der Waals surface area contributed by atoms with E-state index in [4.69, 9.17) is 9.47 Å². The molecule has 0 aliphatic carbocycles. The van der Waals surface area contributed by atoms with Gasteiger partial charge in [0.1, 0.15) is 0 Å². The van der Waals surface area contributed by atoms with Crippen molar-refractivity contribution in [2.75, 3.05) is 0 Å². The van der Waals surface area contributed by atoms with Gasteiger partial charge in [-0.2, -0.15) is 0 Å². The lowest BCUT2D eigenvalue weighted by Gasteiger charge is -2.22. The number of hydrogen-bond acceptors (Lipinski definition) is 6. The van der Waals surface area contributed by atoms with Gasteiger partial charge in [0.25, 0.3) is 0 Å². The summed E-state index contributed by atoms with van der Waals surface area (Å²) in [6.07, 6.45) is 1.83. The molecule has 0 aliphatic heterocycles. The zero-order valence-electron chi connectivity index (χ0n) is 19.8. The predicted octanol–water partition coefficient (Wildman–Crippen LogP) is 6.25. The summed E-state index contributed by atoms with van der Waals surface area (Å²) in [6.45, 7) is 4.50. The van der Waals surface area contributed by atoms with Gasteiger partial charge in [0.05, 0.1) is 4.88 Å². The minimum absolute atomic E-state index is 0.130. The van der Waals surface area contributed by atoms with Gasteiger partial charge in [0, 0.05) is 31.1 Å². The van der Waals surface area contributed by atoms with Gasteiger partial charge in [0.2, 0.25) is 6.29 Å². The van der Waals surface area contributed by atoms with E-state index < -0.39 is 18.2 Å². The molecule has 3 aromatic rings. The Kier molecular flexibility index (Phi) is 9.16. The fraction of sp³-hybridized carbons (Fsp3) is 0.321. The van der Waals surface area contributed by atoms with E-state index in [9.17, 15) is 14.4 Å². The van der Waals surface area contributed by atoms with Crippen molar-refractivity contribution in [2.45, 2.75) is 52.7 Å². The molecule has 0 fully saturated rings. The summed E-state index contributed by atoms with van der Waals surface area (Å²) in [5, 5.41) is 0. The van der Waals surface area contributed by atoms with Crippen molar-refractivity contribution in [1.29, 1.82) is 0 Å². The van der Waals surface area contributed by atoms with Gasteiger partial charge in [-0.1, -0.05) is 61.5 Å². The Hall–Kier alpha value is -3.25.